The van der Waals surface area contributed by atoms with Crippen LogP contribution in [0.1, 0.15) is 6.99 Å². The van der Waals surface area contributed by atoms with Crippen molar-refractivity contribution in [1.29, 1.82) is 0 Å². The first-order valence-corrected chi connectivity index (χ1v) is 3.31. The quantitative estimate of drug-likeness (QED) is 0.435. The number of rotatable bonds is 2. The molecule has 1 rings (SSSR count). The molecule has 2 N–H and O–H groups in total. The molecule has 0 heterocycles. The summed E-state index contributed by atoms with van der Waals surface area (Å²) >= 11 is 0. The first-order chi connectivity index (χ1) is 5.29. The zero-order valence-electron chi connectivity index (χ0n) is 8.03. The minimum absolute atomic E-state index is 0. The second kappa shape index (κ2) is 6.57. The van der Waals surface area contributed by atoms with Gasteiger partial charge in [0, 0.05) is 6.08 Å². The maximum Gasteiger partial charge on any atom is 1.00 e. The molecule has 1 aromatic rings. The molecule has 2 nitrogen and oxygen atoms in total. The van der Waals surface area contributed by atoms with Crippen molar-refractivity contribution < 1.29 is 57.6 Å². The van der Waals surface area contributed by atoms with Gasteiger partial charge in [0.15, 0.2) is 0 Å². The third-order valence-corrected chi connectivity index (χ3v) is 1.24. The first-order valence-electron chi connectivity index (χ1n) is 3.31. The molecule has 12 heavy (non-hydrogen) atoms. The Morgan fingerprint density at radius 3 is 2.42 bits per heavy atom. The van der Waals surface area contributed by atoms with E-state index in [4.69, 9.17) is 5.73 Å². The van der Waals surface area contributed by atoms with Crippen molar-refractivity contribution in [3.05, 3.63) is 42.0 Å². The maximum absolute atomic E-state index is 10.3. The molecule has 0 atom stereocenters. The van der Waals surface area contributed by atoms with Crippen LogP contribution in [0.25, 0.3) is 6.08 Å². The number of primary amides is 1. The fourth-order valence-electron chi connectivity index (χ4n) is 0.743. The molecule has 1 aromatic carbocycles. The summed E-state index contributed by atoms with van der Waals surface area (Å²) in [6.45, 7) is 0. The SMILES string of the molecule is NC(=O)C=Cc1ccccc1.[H-].[K+]. The Hall–Kier alpha value is 0.0664. The van der Waals surface area contributed by atoms with Crippen LogP contribution in [0.2, 0.25) is 0 Å². The number of carbonyl (C=O) groups is 1. The van der Waals surface area contributed by atoms with Gasteiger partial charge in [-0.1, -0.05) is 30.3 Å². The maximum atomic E-state index is 10.3. The molecule has 0 spiro atoms. The van der Waals surface area contributed by atoms with Crippen molar-refractivity contribution >= 4 is 12.0 Å². The summed E-state index contributed by atoms with van der Waals surface area (Å²) in [5.74, 6) is -0.422. The molecule has 1 amide bonds. The zero-order chi connectivity index (χ0) is 8.10. The second-order valence-electron chi connectivity index (χ2n) is 2.15. The van der Waals surface area contributed by atoms with Gasteiger partial charge in [-0.15, -0.1) is 0 Å². The van der Waals surface area contributed by atoms with Crippen molar-refractivity contribution in [3.8, 4) is 0 Å². The summed E-state index contributed by atoms with van der Waals surface area (Å²) in [4.78, 5) is 10.3. The molecule has 0 saturated carbocycles. The Labute approximate surface area is 116 Å². The summed E-state index contributed by atoms with van der Waals surface area (Å²) < 4.78 is 0. The number of nitrogens with two attached hydrogens (primary N) is 1. The van der Waals surface area contributed by atoms with Crippen LogP contribution in [0.5, 0.6) is 0 Å². The van der Waals surface area contributed by atoms with Gasteiger partial charge in [-0.2, -0.15) is 0 Å². The molecule has 0 fully saturated rings. The molecule has 0 bridgehead atoms. The van der Waals surface area contributed by atoms with E-state index in [2.05, 4.69) is 0 Å². The molecule has 0 saturated heterocycles. The fraction of sp³-hybridized carbons (Fsp3) is 0. The van der Waals surface area contributed by atoms with Crippen LogP contribution in [-0.4, -0.2) is 5.91 Å². The normalized spacial score (nSPS) is 9.33. The van der Waals surface area contributed by atoms with Crippen LogP contribution in [0, 0.1) is 0 Å². The van der Waals surface area contributed by atoms with Crippen LogP contribution >= 0.6 is 0 Å². The van der Waals surface area contributed by atoms with E-state index in [0.717, 1.165) is 5.56 Å². The second-order valence-corrected chi connectivity index (χ2v) is 2.15. The van der Waals surface area contributed by atoms with E-state index in [0.29, 0.717) is 0 Å². The van der Waals surface area contributed by atoms with Gasteiger partial charge in [-0.3, -0.25) is 4.79 Å². The molecular weight excluding hydrogens is 177 g/mol. The molecule has 0 aliphatic carbocycles. The summed E-state index contributed by atoms with van der Waals surface area (Å²) in [5, 5.41) is 0. The van der Waals surface area contributed by atoms with Crippen molar-refractivity contribution in [1.82, 2.24) is 0 Å². The molecule has 3 heteroatoms. The van der Waals surface area contributed by atoms with E-state index < -0.39 is 5.91 Å². The van der Waals surface area contributed by atoms with E-state index in [1.54, 1.807) is 6.08 Å². The Morgan fingerprint density at radius 1 is 1.33 bits per heavy atom. The van der Waals surface area contributed by atoms with Crippen LogP contribution < -0.4 is 57.1 Å². The van der Waals surface area contributed by atoms with E-state index >= 15 is 0 Å². The van der Waals surface area contributed by atoms with Gasteiger partial charge >= 0.3 is 51.4 Å². The predicted octanol–water partition coefficient (Wildman–Crippen LogP) is -1.70. The van der Waals surface area contributed by atoms with Gasteiger partial charge < -0.3 is 7.16 Å². The number of hydrogen-bond acceptors (Lipinski definition) is 1. The number of carbonyl (C=O) groups excluding carboxylic acids is 1. The van der Waals surface area contributed by atoms with Gasteiger partial charge in [0.25, 0.3) is 0 Å². The zero-order valence-corrected chi connectivity index (χ0v) is 10.2. The average molecular weight is 187 g/mol. The van der Waals surface area contributed by atoms with E-state index in [9.17, 15) is 4.79 Å². The van der Waals surface area contributed by atoms with Crippen molar-refractivity contribution in [3.63, 3.8) is 0 Å². The van der Waals surface area contributed by atoms with E-state index in [-0.39, 0.29) is 52.8 Å². The summed E-state index contributed by atoms with van der Waals surface area (Å²) in [6, 6.07) is 9.53. The van der Waals surface area contributed by atoms with Crippen LogP contribution in [0.3, 0.4) is 0 Å². The molecule has 58 valence electrons. The summed E-state index contributed by atoms with van der Waals surface area (Å²) in [7, 11) is 0. The first kappa shape index (κ1) is 12.1. The number of benzene rings is 1. The fourth-order valence-corrected chi connectivity index (χ4v) is 0.743. The van der Waals surface area contributed by atoms with E-state index in [1.165, 1.54) is 6.08 Å². The predicted molar refractivity (Wildman–Crippen MR) is 45.8 cm³/mol. The minimum atomic E-state index is -0.422. The third-order valence-electron chi connectivity index (χ3n) is 1.24. The van der Waals surface area contributed by atoms with Crippen LogP contribution in [0.4, 0.5) is 0 Å². The Kier molecular flexibility index (Phi) is 6.60. The monoisotopic (exact) mass is 187 g/mol. The number of hydrogen-bond donors (Lipinski definition) is 1. The molecule has 0 radical (unpaired) electrons. The molecule has 0 aliphatic rings. The van der Waals surface area contributed by atoms with Crippen LogP contribution in [-0.2, 0) is 4.79 Å². The Bertz CT molecular complexity index is 274. The van der Waals surface area contributed by atoms with Crippen molar-refractivity contribution in [2.75, 3.05) is 0 Å². The van der Waals surface area contributed by atoms with Gasteiger partial charge in [0.05, 0.1) is 0 Å². The van der Waals surface area contributed by atoms with Gasteiger partial charge in [-0.25, -0.2) is 0 Å². The molecular formula is C9H10KNO. The molecule has 0 aromatic heterocycles. The Morgan fingerprint density at radius 2 is 1.92 bits per heavy atom. The smallest absolute Gasteiger partial charge is 1.00 e. The van der Waals surface area contributed by atoms with E-state index in [1.807, 2.05) is 30.3 Å². The van der Waals surface area contributed by atoms with Crippen molar-refractivity contribution in [2.45, 2.75) is 0 Å². The largest absolute Gasteiger partial charge is 1.00 e. The van der Waals surface area contributed by atoms with Gasteiger partial charge in [0.2, 0.25) is 5.91 Å². The van der Waals surface area contributed by atoms with Crippen LogP contribution in [0.15, 0.2) is 36.4 Å². The van der Waals surface area contributed by atoms with Gasteiger partial charge in [0.1, 0.15) is 0 Å². The molecule has 0 aliphatic heterocycles. The summed E-state index contributed by atoms with van der Waals surface area (Å²) in [5.41, 5.74) is 5.89. The standard InChI is InChI=1S/C9H9NO.K.H/c10-9(11)7-6-8-4-2-1-3-5-8;;/h1-7H,(H2,10,11);;/q;+1;-1. The minimum Gasteiger partial charge on any atom is -1.00 e. The summed E-state index contributed by atoms with van der Waals surface area (Å²) in [6.07, 6.45) is 3.03. The molecule has 0 unspecified atom stereocenters. The third kappa shape index (κ3) is 4.85. The van der Waals surface area contributed by atoms with Crippen molar-refractivity contribution in [2.24, 2.45) is 5.73 Å². The number of amides is 1. The van der Waals surface area contributed by atoms with Gasteiger partial charge in [-0.05, 0) is 11.6 Å². The average Bonchev–Trinajstić information content (AvgIpc) is 2.03. The Balaban J connectivity index is 0. The topological polar surface area (TPSA) is 43.1 Å².